The Bertz CT molecular complexity index is 1220. The molecular weight excluding hydrogens is 426 g/mol. The molecule has 2 aromatic carbocycles. The standard InChI is InChI=1S/C20H16ClN5O3S/c21-15-4-1-3-13(9-15)19-23-25(20(30)24(19)12-17-5-2-8-29-17)18-7-6-16(26(27)28)10-14(18)11-22/h1,3-4,6-7,9-10,17H,2,5,8,12H2. The first-order chi connectivity index (χ1) is 14.5. The summed E-state index contributed by atoms with van der Waals surface area (Å²) in [4.78, 5) is 10.5. The summed E-state index contributed by atoms with van der Waals surface area (Å²) in [6.07, 6.45) is 1.92. The largest absolute Gasteiger partial charge is 0.376 e. The highest BCUT2D eigenvalue weighted by atomic mass is 35.5. The van der Waals surface area contributed by atoms with Gasteiger partial charge in [0.2, 0.25) is 4.77 Å². The summed E-state index contributed by atoms with van der Waals surface area (Å²) < 4.78 is 9.46. The molecule has 1 fully saturated rings. The van der Waals surface area contributed by atoms with Crippen LogP contribution in [-0.4, -0.2) is 32.0 Å². The van der Waals surface area contributed by atoms with Gasteiger partial charge in [0.05, 0.1) is 28.8 Å². The van der Waals surface area contributed by atoms with E-state index in [1.54, 1.807) is 12.1 Å². The fourth-order valence-electron chi connectivity index (χ4n) is 3.46. The van der Waals surface area contributed by atoms with Crippen molar-refractivity contribution in [2.45, 2.75) is 25.5 Å². The number of hydrogen-bond acceptors (Lipinski definition) is 6. The van der Waals surface area contributed by atoms with Crippen LogP contribution in [0.25, 0.3) is 17.1 Å². The molecule has 1 unspecified atom stereocenters. The van der Waals surface area contributed by atoms with Crippen molar-refractivity contribution in [3.63, 3.8) is 0 Å². The van der Waals surface area contributed by atoms with E-state index in [-0.39, 0.29) is 17.4 Å². The molecule has 10 heteroatoms. The molecule has 1 atom stereocenters. The predicted octanol–water partition coefficient (Wildman–Crippen LogP) is 4.68. The summed E-state index contributed by atoms with van der Waals surface area (Å²) in [6, 6.07) is 13.3. The molecule has 0 N–H and O–H groups in total. The lowest BCUT2D eigenvalue weighted by molar-refractivity contribution is -0.384. The maximum Gasteiger partial charge on any atom is 0.270 e. The molecule has 152 valence electrons. The average Bonchev–Trinajstić information content (AvgIpc) is 3.36. The number of rotatable bonds is 5. The highest BCUT2D eigenvalue weighted by Crippen LogP contribution is 2.27. The average molecular weight is 442 g/mol. The number of non-ortho nitro benzene ring substituents is 1. The van der Waals surface area contributed by atoms with E-state index in [0.717, 1.165) is 18.4 Å². The number of nitro groups is 1. The molecule has 0 amide bonds. The number of hydrogen-bond donors (Lipinski definition) is 0. The van der Waals surface area contributed by atoms with Crippen LogP contribution in [0.1, 0.15) is 18.4 Å². The van der Waals surface area contributed by atoms with E-state index in [1.165, 1.54) is 22.9 Å². The lowest BCUT2D eigenvalue weighted by Crippen LogP contribution is -2.16. The highest BCUT2D eigenvalue weighted by molar-refractivity contribution is 7.71. The van der Waals surface area contributed by atoms with Crippen molar-refractivity contribution in [3.8, 4) is 23.1 Å². The van der Waals surface area contributed by atoms with Gasteiger partial charge < -0.3 is 4.74 Å². The fourth-order valence-corrected chi connectivity index (χ4v) is 3.95. The van der Waals surface area contributed by atoms with Crippen LogP contribution in [0, 0.1) is 26.2 Å². The number of nitro benzene ring substituents is 1. The second kappa shape index (κ2) is 8.36. The molecule has 0 aliphatic carbocycles. The molecule has 1 aliphatic rings. The lowest BCUT2D eigenvalue weighted by Gasteiger charge is -2.12. The maximum atomic E-state index is 11.1. The minimum absolute atomic E-state index is 0.0135. The highest BCUT2D eigenvalue weighted by Gasteiger charge is 2.22. The van der Waals surface area contributed by atoms with Crippen molar-refractivity contribution in [1.29, 1.82) is 5.26 Å². The van der Waals surface area contributed by atoms with E-state index < -0.39 is 4.92 Å². The van der Waals surface area contributed by atoms with Gasteiger partial charge in [0.1, 0.15) is 6.07 Å². The predicted molar refractivity (Wildman–Crippen MR) is 113 cm³/mol. The van der Waals surface area contributed by atoms with Crippen LogP contribution in [-0.2, 0) is 11.3 Å². The zero-order valence-corrected chi connectivity index (χ0v) is 17.3. The van der Waals surface area contributed by atoms with Crippen LogP contribution in [0.5, 0.6) is 0 Å². The first-order valence-corrected chi connectivity index (χ1v) is 10.0. The molecule has 30 heavy (non-hydrogen) atoms. The summed E-state index contributed by atoms with van der Waals surface area (Å²) >= 11 is 11.9. The number of nitrogens with zero attached hydrogens (tertiary/aromatic N) is 5. The van der Waals surface area contributed by atoms with Gasteiger partial charge in [-0.15, -0.1) is 5.10 Å². The summed E-state index contributed by atoms with van der Waals surface area (Å²) in [5.74, 6) is 0.584. The Morgan fingerprint density at radius 1 is 1.37 bits per heavy atom. The smallest absolute Gasteiger partial charge is 0.270 e. The molecule has 0 saturated carbocycles. The van der Waals surface area contributed by atoms with Crippen LogP contribution in [0.2, 0.25) is 5.02 Å². The molecule has 1 aliphatic heterocycles. The Morgan fingerprint density at radius 2 is 2.20 bits per heavy atom. The number of benzene rings is 2. The van der Waals surface area contributed by atoms with Gasteiger partial charge in [-0.05, 0) is 43.3 Å². The van der Waals surface area contributed by atoms with Crippen molar-refractivity contribution >= 4 is 29.5 Å². The summed E-state index contributed by atoms with van der Waals surface area (Å²) in [7, 11) is 0. The van der Waals surface area contributed by atoms with Crippen LogP contribution < -0.4 is 0 Å². The van der Waals surface area contributed by atoms with Crippen LogP contribution in [0.4, 0.5) is 5.69 Å². The van der Waals surface area contributed by atoms with E-state index in [0.29, 0.717) is 34.5 Å². The maximum absolute atomic E-state index is 11.1. The molecule has 0 radical (unpaired) electrons. The van der Waals surface area contributed by atoms with Crippen molar-refractivity contribution in [2.75, 3.05) is 6.61 Å². The van der Waals surface area contributed by atoms with Crippen LogP contribution in [0.3, 0.4) is 0 Å². The van der Waals surface area contributed by atoms with E-state index >= 15 is 0 Å². The summed E-state index contributed by atoms with van der Waals surface area (Å²) in [5, 5.41) is 25.8. The minimum atomic E-state index is -0.544. The Balaban J connectivity index is 1.88. The van der Waals surface area contributed by atoms with Crippen LogP contribution >= 0.6 is 23.8 Å². The number of halogens is 1. The number of nitriles is 1. The van der Waals surface area contributed by atoms with Crippen molar-refractivity contribution in [3.05, 3.63) is 67.9 Å². The Hall–Kier alpha value is -3.06. The SMILES string of the molecule is N#Cc1cc([N+](=O)[O-])ccc1-n1nc(-c2cccc(Cl)c2)n(CC2CCCO2)c1=S. The number of ether oxygens (including phenoxy) is 1. The Labute approximate surface area is 182 Å². The molecule has 3 aromatic rings. The van der Waals surface area contributed by atoms with Gasteiger partial charge in [-0.25, -0.2) is 4.68 Å². The lowest BCUT2D eigenvalue weighted by atomic mass is 10.2. The molecule has 1 aromatic heterocycles. The van der Waals surface area contributed by atoms with Gasteiger partial charge >= 0.3 is 0 Å². The Kier molecular flexibility index (Phi) is 5.63. The second-order valence-electron chi connectivity index (χ2n) is 6.84. The first-order valence-electron chi connectivity index (χ1n) is 9.24. The van der Waals surface area contributed by atoms with Gasteiger partial charge in [0.15, 0.2) is 5.82 Å². The molecule has 1 saturated heterocycles. The quantitative estimate of drug-likeness (QED) is 0.323. The van der Waals surface area contributed by atoms with E-state index in [2.05, 4.69) is 5.10 Å². The normalized spacial score (nSPS) is 15.8. The van der Waals surface area contributed by atoms with E-state index in [4.69, 9.17) is 28.6 Å². The van der Waals surface area contributed by atoms with E-state index in [9.17, 15) is 15.4 Å². The van der Waals surface area contributed by atoms with Crippen molar-refractivity contribution in [1.82, 2.24) is 14.3 Å². The summed E-state index contributed by atoms with van der Waals surface area (Å²) in [5.41, 5.74) is 1.09. The summed E-state index contributed by atoms with van der Waals surface area (Å²) in [6.45, 7) is 1.22. The zero-order valence-electron chi connectivity index (χ0n) is 15.7. The van der Waals surface area contributed by atoms with Gasteiger partial charge in [-0.3, -0.25) is 14.7 Å². The van der Waals surface area contributed by atoms with Gasteiger partial charge in [0.25, 0.3) is 5.69 Å². The second-order valence-corrected chi connectivity index (χ2v) is 7.65. The van der Waals surface area contributed by atoms with Gasteiger partial charge in [0, 0.05) is 29.3 Å². The zero-order chi connectivity index (χ0) is 21.3. The molecule has 2 heterocycles. The fraction of sp³-hybridized carbons (Fsp3) is 0.250. The molecule has 4 rings (SSSR count). The molecule has 0 bridgehead atoms. The van der Waals surface area contributed by atoms with Crippen LogP contribution in [0.15, 0.2) is 42.5 Å². The monoisotopic (exact) mass is 441 g/mol. The third kappa shape index (κ3) is 3.85. The van der Waals surface area contributed by atoms with Gasteiger partial charge in [-0.2, -0.15) is 5.26 Å². The van der Waals surface area contributed by atoms with Gasteiger partial charge in [-0.1, -0.05) is 23.7 Å². The molecule has 8 nitrogen and oxygen atoms in total. The third-order valence-electron chi connectivity index (χ3n) is 4.90. The van der Waals surface area contributed by atoms with Crippen molar-refractivity contribution < 1.29 is 9.66 Å². The van der Waals surface area contributed by atoms with Crippen molar-refractivity contribution in [2.24, 2.45) is 0 Å². The first kappa shape index (κ1) is 20.2. The molecular formula is C20H16ClN5O3S. The van der Waals surface area contributed by atoms with E-state index in [1.807, 2.05) is 22.8 Å². The third-order valence-corrected chi connectivity index (χ3v) is 5.52. The molecule has 0 spiro atoms. The number of aromatic nitrogens is 3. The Morgan fingerprint density at radius 3 is 2.87 bits per heavy atom. The topological polar surface area (TPSA) is 98.9 Å². The minimum Gasteiger partial charge on any atom is -0.376 e.